The predicted molar refractivity (Wildman–Crippen MR) is 63.1 cm³/mol. The largest absolute Gasteiger partial charge is 0.459 e. The van der Waals surface area contributed by atoms with Gasteiger partial charge in [-0.05, 0) is 19.3 Å². The number of carbonyl (C=O) groups excluding carboxylic acids is 1. The molecule has 0 spiro atoms. The van der Waals surface area contributed by atoms with Gasteiger partial charge in [0.2, 0.25) is 0 Å². The molecule has 0 N–H and O–H groups in total. The minimum Gasteiger partial charge on any atom is -0.459 e. The van der Waals surface area contributed by atoms with E-state index < -0.39 is 0 Å². The van der Waals surface area contributed by atoms with Crippen molar-refractivity contribution < 1.29 is 14.3 Å². The Morgan fingerprint density at radius 2 is 2.06 bits per heavy atom. The molecule has 0 bridgehead atoms. The second kappa shape index (κ2) is 7.23. The summed E-state index contributed by atoms with van der Waals surface area (Å²) in [6.45, 7) is 8.20. The number of ether oxygens (including phenoxy) is 2. The van der Waals surface area contributed by atoms with Crippen molar-refractivity contribution in [3.05, 3.63) is 25.3 Å². The number of rotatable bonds is 6. The van der Waals surface area contributed by atoms with Crippen LogP contribution in [-0.4, -0.2) is 25.3 Å². The van der Waals surface area contributed by atoms with Crippen LogP contribution in [-0.2, 0) is 14.3 Å². The smallest absolute Gasteiger partial charge is 0.330 e. The van der Waals surface area contributed by atoms with Gasteiger partial charge in [0.15, 0.2) is 0 Å². The molecule has 0 aromatic heterocycles. The Kier molecular flexibility index (Phi) is 5.86. The zero-order valence-electron chi connectivity index (χ0n) is 9.69. The molecule has 3 heteroatoms. The highest BCUT2D eigenvalue weighted by atomic mass is 16.5. The number of esters is 1. The van der Waals surface area contributed by atoms with E-state index >= 15 is 0 Å². The fraction of sp³-hybridized carbons (Fsp3) is 0.615. The second-order valence-corrected chi connectivity index (χ2v) is 4.05. The molecule has 0 radical (unpaired) electrons. The Morgan fingerprint density at radius 1 is 1.31 bits per heavy atom. The van der Waals surface area contributed by atoms with Crippen LogP contribution >= 0.6 is 0 Å². The maximum absolute atomic E-state index is 11.2. The summed E-state index contributed by atoms with van der Waals surface area (Å²) in [4.78, 5) is 11.2. The van der Waals surface area contributed by atoms with E-state index in [0.29, 0.717) is 19.1 Å². The van der Waals surface area contributed by atoms with Crippen LogP contribution < -0.4 is 0 Å². The van der Waals surface area contributed by atoms with Crippen LogP contribution in [0.25, 0.3) is 0 Å². The van der Waals surface area contributed by atoms with Crippen molar-refractivity contribution in [3.8, 4) is 0 Å². The van der Waals surface area contributed by atoms with Gasteiger partial charge in [-0.25, -0.2) is 4.79 Å². The third-order valence-corrected chi connectivity index (χ3v) is 2.84. The molecule has 1 aliphatic carbocycles. The first-order chi connectivity index (χ1) is 7.77. The molecule has 16 heavy (non-hydrogen) atoms. The summed E-state index contributed by atoms with van der Waals surface area (Å²) in [6, 6.07) is 0. The van der Waals surface area contributed by atoms with E-state index in [1.807, 2.05) is 0 Å². The standard InChI is InChI=1S/C13H20O3/c1-3-9-15-10-11-7-5-6-8-12(11)16-13(14)4-2/h3-4,11-12H,1-2,5-10H2. The van der Waals surface area contributed by atoms with Gasteiger partial charge in [0, 0.05) is 12.0 Å². The van der Waals surface area contributed by atoms with E-state index in [0.717, 1.165) is 19.3 Å². The zero-order chi connectivity index (χ0) is 11.8. The molecule has 0 heterocycles. The van der Waals surface area contributed by atoms with Crippen molar-refractivity contribution in [2.45, 2.75) is 31.8 Å². The lowest BCUT2D eigenvalue weighted by Crippen LogP contribution is -2.32. The molecule has 2 atom stereocenters. The van der Waals surface area contributed by atoms with Crippen LogP contribution in [0.5, 0.6) is 0 Å². The number of hydrogen-bond donors (Lipinski definition) is 0. The lowest BCUT2D eigenvalue weighted by Gasteiger charge is -2.30. The molecule has 1 rings (SSSR count). The molecule has 3 nitrogen and oxygen atoms in total. The van der Waals surface area contributed by atoms with Gasteiger partial charge in [-0.2, -0.15) is 0 Å². The number of carbonyl (C=O) groups is 1. The summed E-state index contributed by atoms with van der Waals surface area (Å²) >= 11 is 0. The third kappa shape index (κ3) is 4.19. The van der Waals surface area contributed by atoms with Crippen LogP contribution in [0.2, 0.25) is 0 Å². The minimum atomic E-state index is -0.333. The zero-order valence-corrected chi connectivity index (χ0v) is 9.69. The molecular weight excluding hydrogens is 204 g/mol. The molecule has 1 fully saturated rings. The highest BCUT2D eigenvalue weighted by molar-refractivity contribution is 5.81. The summed E-state index contributed by atoms with van der Waals surface area (Å²) in [5.41, 5.74) is 0. The van der Waals surface area contributed by atoms with Gasteiger partial charge >= 0.3 is 5.97 Å². The van der Waals surface area contributed by atoms with Crippen molar-refractivity contribution >= 4 is 5.97 Å². The van der Waals surface area contributed by atoms with E-state index in [9.17, 15) is 4.79 Å². The predicted octanol–water partition coefficient (Wildman–Crippen LogP) is 2.48. The molecule has 0 aromatic carbocycles. The third-order valence-electron chi connectivity index (χ3n) is 2.84. The molecule has 2 unspecified atom stereocenters. The van der Waals surface area contributed by atoms with Crippen molar-refractivity contribution in [2.75, 3.05) is 13.2 Å². The molecule has 0 aliphatic heterocycles. The average Bonchev–Trinajstić information content (AvgIpc) is 2.31. The van der Waals surface area contributed by atoms with Crippen LogP contribution in [0.15, 0.2) is 25.3 Å². The highest BCUT2D eigenvalue weighted by Crippen LogP contribution is 2.27. The van der Waals surface area contributed by atoms with Crippen LogP contribution in [0.4, 0.5) is 0 Å². The van der Waals surface area contributed by atoms with E-state index in [1.165, 1.54) is 12.5 Å². The molecule has 1 aliphatic rings. The van der Waals surface area contributed by atoms with Gasteiger partial charge in [-0.1, -0.05) is 19.1 Å². The molecule has 1 saturated carbocycles. The Labute approximate surface area is 97.1 Å². The lowest BCUT2D eigenvalue weighted by molar-refractivity contribution is -0.148. The van der Waals surface area contributed by atoms with Crippen molar-refractivity contribution in [1.82, 2.24) is 0 Å². The van der Waals surface area contributed by atoms with Gasteiger partial charge in [-0.15, -0.1) is 6.58 Å². The van der Waals surface area contributed by atoms with Crippen LogP contribution in [0.1, 0.15) is 25.7 Å². The minimum absolute atomic E-state index is 0.0101. The maximum atomic E-state index is 11.2. The summed E-state index contributed by atoms with van der Waals surface area (Å²) in [5, 5.41) is 0. The van der Waals surface area contributed by atoms with E-state index in [4.69, 9.17) is 9.47 Å². The van der Waals surface area contributed by atoms with Gasteiger partial charge in [-0.3, -0.25) is 0 Å². The molecule has 90 valence electrons. The Hall–Kier alpha value is -1.09. The maximum Gasteiger partial charge on any atom is 0.330 e. The second-order valence-electron chi connectivity index (χ2n) is 4.05. The summed E-state index contributed by atoms with van der Waals surface area (Å²) < 4.78 is 10.8. The first-order valence-electron chi connectivity index (χ1n) is 5.79. The van der Waals surface area contributed by atoms with Gasteiger partial charge in [0.25, 0.3) is 0 Å². The molecular formula is C13H20O3. The average molecular weight is 224 g/mol. The van der Waals surface area contributed by atoms with Gasteiger partial charge < -0.3 is 9.47 Å². The summed E-state index contributed by atoms with van der Waals surface area (Å²) in [5.74, 6) is -0.0155. The fourth-order valence-electron chi connectivity index (χ4n) is 2.02. The first kappa shape index (κ1) is 13.0. The Bertz CT molecular complexity index is 248. The summed E-state index contributed by atoms with van der Waals surface area (Å²) in [7, 11) is 0. The topological polar surface area (TPSA) is 35.5 Å². The van der Waals surface area contributed by atoms with Crippen molar-refractivity contribution in [2.24, 2.45) is 5.92 Å². The lowest BCUT2D eigenvalue weighted by atomic mass is 9.87. The number of hydrogen-bond acceptors (Lipinski definition) is 3. The quantitative estimate of drug-likeness (QED) is 0.301. The molecule has 0 amide bonds. The van der Waals surface area contributed by atoms with Crippen molar-refractivity contribution in [3.63, 3.8) is 0 Å². The normalized spacial score (nSPS) is 24.8. The van der Waals surface area contributed by atoms with Crippen LogP contribution in [0.3, 0.4) is 0 Å². The van der Waals surface area contributed by atoms with E-state index in [1.54, 1.807) is 6.08 Å². The molecule has 0 saturated heterocycles. The van der Waals surface area contributed by atoms with Crippen molar-refractivity contribution in [1.29, 1.82) is 0 Å². The van der Waals surface area contributed by atoms with E-state index in [2.05, 4.69) is 13.2 Å². The first-order valence-corrected chi connectivity index (χ1v) is 5.79. The Morgan fingerprint density at radius 3 is 2.75 bits per heavy atom. The summed E-state index contributed by atoms with van der Waals surface area (Å²) in [6.07, 6.45) is 7.23. The monoisotopic (exact) mass is 224 g/mol. The van der Waals surface area contributed by atoms with Gasteiger partial charge in [0.05, 0.1) is 13.2 Å². The SMILES string of the molecule is C=CCOCC1CCCCC1OC(=O)C=C. The Balaban J connectivity index is 2.39. The van der Waals surface area contributed by atoms with E-state index in [-0.39, 0.29) is 12.1 Å². The fourth-order valence-corrected chi connectivity index (χ4v) is 2.02. The molecule has 0 aromatic rings. The van der Waals surface area contributed by atoms with Crippen LogP contribution in [0, 0.1) is 5.92 Å². The highest BCUT2D eigenvalue weighted by Gasteiger charge is 2.27. The van der Waals surface area contributed by atoms with Gasteiger partial charge in [0.1, 0.15) is 6.10 Å².